The van der Waals surface area contributed by atoms with Crippen molar-refractivity contribution in [2.75, 3.05) is 13.6 Å². The highest BCUT2D eigenvalue weighted by molar-refractivity contribution is 6.10. The number of benzene rings is 2. The molecule has 3 nitrogen and oxygen atoms in total. The molecular weight excluding hydrogens is 303 g/mol. The van der Waals surface area contributed by atoms with E-state index in [4.69, 9.17) is 0 Å². The fraction of sp³-hybridized carbons (Fsp3) is 0.150. The molecule has 1 aliphatic rings. The number of nitrogens with zero attached hydrogens (tertiary/aromatic N) is 2. The van der Waals surface area contributed by atoms with Crippen LogP contribution in [0.15, 0.2) is 54.6 Å². The van der Waals surface area contributed by atoms with Crippen LogP contribution in [0, 0.1) is 5.82 Å². The standard InChI is InChI=1S/C20H17FN2O/c1-22-12-11-14(13-7-3-5-9-16(13)21)18-15-8-4-6-10-17(15)23(2)19(18)20(22)24/h3-11H,12H2,1-2H3. The molecule has 0 radical (unpaired) electrons. The van der Waals surface area contributed by atoms with E-state index >= 15 is 0 Å². The Bertz CT molecular complexity index is 1000. The molecule has 1 aliphatic heterocycles. The molecule has 0 unspecified atom stereocenters. The number of aryl methyl sites for hydroxylation is 1. The molecule has 0 fully saturated rings. The first-order valence-electron chi connectivity index (χ1n) is 7.88. The van der Waals surface area contributed by atoms with E-state index in [1.807, 2.05) is 48.0 Å². The van der Waals surface area contributed by atoms with Crippen molar-refractivity contribution in [3.8, 4) is 0 Å². The van der Waals surface area contributed by atoms with Gasteiger partial charge in [-0.15, -0.1) is 0 Å². The molecule has 1 amide bonds. The van der Waals surface area contributed by atoms with Crippen LogP contribution in [-0.4, -0.2) is 29.0 Å². The third-order valence-electron chi connectivity index (χ3n) is 4.66. The van der Waals surface area contributed by atoms with Gasteiger partial charge in [0.05, 0.1) is 0 Å². The Morgan fingerprint density at radius 3 is 2.50 bits per heavy atom. The molecule has 1 aromatic heterocycles. The number of carbonyl (C=O) groups excluding carboxylic acids is 1. The summed E-state index contributed by atoms with van der Waals surface area (Å²) in [6.45, 7) is 0.450. The quantitative estimate of drug-likeness (QED) is 0.669. The second kappa shape index (κ2) is 5.34. The normalized spacial score (nSPS) is 14.5. The molecule has 4 heteroatoms. The SMILES string of the molecule is CN1CC=C(c2ccccc2F)c2c(n(C)c3ccccc23)C1=O. The molecular formula is C20H17FN2O. The smallest absolute Gasteiger partial charge is 0.271 e. The molecule has 4 rings (SSSR count). The molecule has 0 atom stereocenters. The zero-order valence-corrected chi connectivity index (χ0v) is 13.6. The summed E-state index contributed by atoms with van der Waals surface area (Å²) in [6, 6.07) is 14.6. The summed E-state index contributed by atoms with van der Waals surface area (Å²) in [5.74, 6) is -0.328. The van der Waals surface area contributed by atoms with E-state index in [1.54, 1.807) is 24.1 Å². The van der Waals surface area contributed by atoms with E-state index in [2.05, 4.69) is 0 Å². The second-order valence-corrected chi connectivity index (χ2v) is 6.08. The van der Waals surface area contributed by atoms with Crippen LogP contribution < -0.4 is 0 Å². The van der Waals surface area contributed by atoms with Gasteiger partial charge in [-0.05, 0) is 17.7 Å². The van der Waals surface area contributed by atoms with E-state index < -0.39 is 0 Å². The highest BCUT2D eigenvalue weighted by Gasteiger charge is 2.29. The monoisotopic (exact) mass is 320 g/mol. The lowest BCUT2D eigenvalue weighted by Crippen LogP contribution is -2.27. The summed E-state index contributed by atoms with van der Waals surface area (Å²) < 4.78 is 16.4. The first-order chi connectivity index (χ1) is 11.6. The molecule has 0 spiro atoms. The molecule has 0 N–H and O–H groups in total. The maximum absolute atomic E-state index is 14.5. The van der Waals surface area contributed by atoms with Gasteiger partial charge >= 0.3 is 0 Å². The van der Waals surface area contributed by atoms with Crippen LogP contribution in [0.2, 0.25) is 0 Å². The number of likely N-dealkylation sites (N-methyl/N-ethyl adjacent to an activating group) is 1. The minimum atomic E-state index is -0.278. The summed E-state index contributed by atoms with van der Waals surface area (Å²) in [7, 11) is 3.65. The number of fused-ring (bicyclic) bond motifs is 3. The lowest BCUT2D eigenvalue weighted by Gasteiger charge is -2.14. The lowest BCUT2D eigenvalue weighted by atomic mass is 9.95. The molecule has 2 aromatic carbocycles. The van der Waals surface area contributed by atoms with Crippen molar-refractivity contribution in [1.29, 1.82) is 0 Å². The van der Waals surface area contributed by atoms with Crippen LogP contribution in [0.4, 0.5) is 4.39 Å². The van der Waals surface area contributed by atoms with Gasteiger partial charge in [0.15, 0.2) is 0 Å². The summed E-state index contributed by atoms with van der Waals surface area (Å²) in [5.41, 5.74) is 3.68. The van der Waals surface area contributed by atoms with Crippen molar-refractivity contribution >= 4 is 22.4 Å². The summed E-state index contributed by atoms with van der Waals surface area (Å²) >= 11 is 0. The molecule has 120 valence electrons. The first kappa shape index (κ1) is 14.7. The summed E-state index contributed by atoms with van der Waals surface area (Å²) in [4.78, 5) is 14.5. The maximum atomic E-state index is 14.5. The van der Waals surface area contributed by atoms with Crippen molar-refractivity contribution < 1.29 is 9.18 Å². The van der Waals surface area contributed by atoms with Gasteiger partial charge in [-0.3, -0.25) is 4.79 Å². The topological polar surface area (TPSA) is 25.2 Å². The number of aromatic nitrogens is 1. The predicted molar refractivity (Wildman–Crippen MR) is 93.4 cm³/mol. The minimum absolute atomic E-state index is 0.0497. The number of rotatable bonds is 1. The molecule has 3 aromatic rings. The largest absolute Gasteiger partial charge is 0.339 e. The number of hydrogen-bond donors (Lipinski definition) is 0. The van der Waals surface area contributed by atoms with Gasteiger partial charge in [-0.1, -0.05) is 42.5 Å². The van der Waals surface area contributed by atoms with Crippen LogP contribution in [0.1, 0.15) is 21.6 Å². The zero-order valence-electron chi connectivity index (χ0n) is 13.6. The van der Waals surface area contributed by atoms with Gasteiger partial charge in [-0.2, -0.15) is 0 Å². The maximum Gasteiger partial charge on any atom is 0.271 e. The third-order valence-corrected chi connectivity index (χ3v) is 4.66. The van der Waals surface area contributed by atoms with Gasteiger partial charge in [0.1, 0.15) is 11.5 Å². The average Bonchev–Trinajstić information content (AvgIpc) is 2.81. The zero-order chi connectivity index (χ0) is 16.8. The molecule has 0 bridgehead atoms. The number of para-hydroxylation sites is 1. The van der Waals surface area contributed by atoms with E-state index in [9.17, 15) is 9.18 Å². The Morgan fingerprint density at radius 1 is 1.00 bits per heavy atom. The van der Waals surface area contributed by atoms with Gasteiger partial charge in [0.2, 0.25) is 0 Å². The van der Waals surface area contributed by atoms with Crippen LogP contribution in [-0.2, 0) is 7.05 Å². The molecule has 0 saturated heterocycles. The Labute approximate surface area is 139 Å². The van der Waals surface area contributed by atoms with Crippen molar-refractivity contribution in [3.05, 3.63) is 77.2 Å². The van der Waals surface area contributed by atoms with Crippen molar-refractivity contribution in [2.24, 2.45) is 7.05 Å². The fourth-order valence-corrected chi connectivity index (χ4v) is 3.43. The minimum Gasteiger partial charge on any atom is -0.339 e. The van der Waals surface area contributed by atoms with Crippen molar-refractivity contribution in [2.45, 2.75) is 0 Å². The van der Waals surface area contributed by atoms with Crippen LogP contribution in [0.5, 0.6) is 0 Å². The molecule has 0 saturated carbocycles. The van der Waals surface area contributed by atoms with E-state index in [-0.39, 0.29) is 11.7 Å². The lowest BCUT2D eigenvalue weighted by molar-refractivity contribution is 0.0803. The molecule has 24 heavy (non-hydrogen) atoms. The second-order valence-electron chi connectivity index (χ2n) is 6.08. The van der Waals surface area contributed by atoms with Crippen molar-refractivity contribution in [3.63, 3.8) is 0 Å². The average molecular weight is 320 g/mol. The van der Waals surface area contributed by atoms with Crippen LogP contribution in [0.25, 0.3) is 16.5 Å². The van der Waals surface area contributed by atoms with Crippen molar-refractivity contribution in [1.82, 2.24) is 9.47 Å². The number of carbonyl (C=O) groups is 1. The van der Waals surface area contributed by atoms with E-state index in [1.165, 1.54) is 6.07 Å². The predicted octanol–water partition coefficient (Wildman–Crippen LogP) is 3.83. The molecule has 0 aliphatic carbocycles. The Balaban J connectivity index is 2.12. The van der Waals surface area contributed by atoms with Gasteiger partial charge in [0, 0.05) is 42.7 Å². The fourth-order valence-electron chi connectivity index (χ4n) is 3.43. The van der Waals surface area contributed by atoms with Gasteiger partial charge in [0.25, 0.3) is 5.91 Å². The Hall–Kier alpha value is -2.88. The summed E-state index contributed by atoms with van der Waals surface area (Å²) in [6.07, 6.45) is 1.94. The molecule has 2 heterocycles. The van der Waals surface area contributed by atoms with E-state index in [0.717, 1.165) is 22.0 Å². The summed E-state index contributed by atoms with van der Waals surface area (Å²) in [5, 5.41) is 0.966. The Kier molecular flexibility index (Phi) is 3.27. The number of hydrogen-bond acceptors (Lipinski definition) is 1. The third kappa shape index (κ3) is 1.99. The highest BCUT2D eigenvalue weighted by Crippen LogP contribution is 2.37. The Morgan fingerprint density at radius 2 is 1.71 bits per heavy atom. The highest BCUT2D eigenvalue weighted by atomic mass is 19.1. The van der Waals surface area contributed by atoms with E-state index in [0.29, 0.717) is 17.8 Å². The van der Waals surface area contributed by atoms with Crippen LogP contribution >= 0.6 is 0 Å². The van der Waals surface area contributed by atoms with Gasteiger partial charge in [-0.25, -0.2) is 4.39 Å². The first-order valence-corrected chi connectivity index (χ1v) is 7.88. The number of halogens is 1. The van der Waals surface area contributed by atoms with Crippen LogP contribution in [0.3, 0.4) is 0 Å². The van der Waals surface area contributed by atoms with Gasteiger partial charge < -0.3 is 9.47 Å². The number of amides is 1.